The van der Waals surface area contributed by atoms with Crippen LogP contribution in [0.3, 0.4) is 0 Å². The molecule has 0 aromatic heterocycles. The fourth-order valence-electron chi connectivity index (χ4n) is 11.1. The van der Waals surface area contributed by atoms with Gasteiger partial charge in [0.2, 0.25) is 0 Å². The maximum atomic E-state index is 10.2. The Morgan fingerprint density at radius 3 is 1.56 bits per heavy atom. The number of anilines is 6. The number of fused-ring (bicyclic) bond motifs is 7. The molecule has 66 heavy (non-hydrogen) atoms. The van der Waals surface area contributed by atoms with Gasteiger partial charge in [-0.25, -0.2) is 0 Å². The first-order valence-corrected chi connectivity index (χ1v) is 22.7. The average Bonchev–Trinajstić information content (AvgIpc) is 3.73. The maximum absolute atomic E-state index is 10.2. The molecular formula is C62H40BN3. The third kappa shape index (κ3) is 5.91. The average molecular weight is 838 g/mol. The van der Waals surface area contributed by atoms with Gasteiger partial charge in [0.25, 0.3) is 6.71 Å². The SMILES string of the molecule is N#Cc1ccc(N2c3ccccc3B3c4ccc(C5c6ccccc6-c6ccccc65)cc4N(c4cc(-c5ccccc5)cc(-c5ccccc5)c4)c4cccc2c43)c(-c2ccccc2)c1. The summed E-state index contributed by atoms with van der Waals surface area (Å²) in [4.78, 5) is 4.98. The second kappa shape index (κ2) is 15.3. The van der Waals surface area contributed by atoms with E-state index in [2.05, 4.69) is 234 Å². The smallest absolute Gasteiger partial charge is 0.252 e. The van der Waals surface area contributed by atoms with Crippen LogP contribution in [0.4, 0.5) is 34.1 Å². The Balaban J connectivity index is 1.10. The van der Waals surface area contributed by atoms with Crippen LogP contribution in [0.15, 0.2) is 237 Å². The Morgan fingerprint density at radius 2 is 0.909 bits per heavy atom. The first-order chi connectivity index (χ1) is 32.7. The Morgan fingerprint density at radius 1 is 0.364 bits per heavy atom. The number of para-hydroxylation sites is 1. The summed E-state index contributed by atoms with van der Waals surface area (Å²) >= 11 is 0. The van der Waals surface area contributed by atoms with Gasteiger partial charge in [-0.2, -0.15) is 5.26 Å². The van der Waals surface area contributed by atoms with E-state index in [-0.39, 0.29) is 12.6 Å². The van der Waals surface area contributed by atoms with Gasteiger partial charge in [-0.05, 0) is 133 Å². The van der Waals surface area contributed by atoms with Gasteiger partial charge in [-0.15, -0.1) is 0 Å². The molecule has 306 valence electrons. The highest BCUT2D eigenvalue weighted by atomic mass is 15.2. The zero-order valence-corrected chi connectivity index (χ0v) is 36.0. The van der Waals surface area contributed by atoms with Crippen molar-refractivity contribution in [3.63, 3.8) is 0 Å². The van der Waals surface area contributed by atoms with Gasteiger partial charge in [0, 0.05) is 39.9 Å². The summed E-state index contributed by atoms with van der Waals surface area (Å²) in [6.45, 7) is -0.0449. The third-order valence-electron chi connectivity index (χ3n) is 13.9. The van der Waals surface area contributed by atoms with Crippen LogP contribution in [0.25, 0.3) is 44.5 Å². The number of nitriles is 1. The predicted octanol–water partition coefficient (Wildman–Crippen LogP) is 13.8. The van der Waals surface area contributed by atoms with Crippen LogP contribution in [0.2, 0.25) is 0 Å². The minimum absolute atomic E-state index is 0.0449. The maximum Gasteiger partial charge on any atom is 0.252 e. The van der Waals surface area contributed by atoms with E-state index in [1.165, 1.54) is 61.0 Å². The van der Waals surface area contributed by atoms with E-state index in [4.69, 9.17) is 0 Å². The van der Waals surface area contributed by atoms with Gasteiger partial charge in [0.05, 0.1) is 17.3 Å². The monoisotopic (exact) mass is 837 g/mol. The molecule has 13 rings (SSSR count). The highest BCUT2D eigenvalue weighted by molar-refractivity contribution is 7.00. The van der Waals surface area contributed by atoms with Crippen molar-refractivity contribution in [1.29, 1.82) is 5.26 Å². The quantitative estimate of drug-likeness (QED) is 0.156. The van der Waals surface area contributed by atoms with E-state index in [1.54, 1.807) is 0 Å². The summed E-state index contributed by atoms with van der Waals surface area (Å²) in [6.07, 6.45) is 0. The predicted molar refractivity (Wildman–Crippen MR) is 274 cm³/mol. The lowest BCUT2D eigenvalue weighted by Crippen LogP contribution is -2.61. The van der Waals surface area contributed by atoms with E-state index >= 15 is 0 Å². The van der Waals surface area contributed by atoms with Gasteiger partial charge >= 0.3 is 0 Å². The van der Waals surface area contributed by atoms with Crippen LogP contribution >= 0.6 is 0 Å². The van der Waals surface area contributed by atoms with Gasteiger partial charge in [-0.1, -0.05) is 176 Å². The van der Waals surface area contributed by atoms with E-state index in [1.807, 2.05) is 18.2 Å². The van der Waals surface area contributed by atoms with Gasteiger partial charge in [-0.3, -0.25) is 0 Å². The molecule has 0 saturated heterocycles. The van der Waals surface area contributed by atoms with E-state index in [9.17, 15) is 5.26 Å². The molecule has 0 saturated carbocycles. The number of rotatable bonds is 6. The summed E-state index contributed by atoms with van der Waals surface area (Å²) in [5.74, 6) is 0.0923. The number of benzene rings is 10. The molecule has 0 fully saturated rings. The lowest BCUT2D eigenvalue weighted by molar-refractivity contribution is 1.01. The Hall–Kier alpha value is -8.65. The first kappa shape index (κ1) is 37.9. The summed E-state index contributed by atoms with van der Waals surface area (Å²) < 4.78 is 0. The molecule has 10 aromatic carbocycles. The van der Waals surface area contributed by atoms with Gasteiger partial charge in [0.1, 0.15) is 0 Å². The lowest BCUT2D eigenvalue weighted by Gasteiger charge is -2.44. The fourth-order valence-corrected chi connectivity index (χ4v) is 11.1. The van der Waals surface area contributed by atoms with Gasteiger partial charge in [0.15, 0.2) is 0 Å². The fraction of sp³-hybridized carbons (Fsp3) is 0.0161. The summed E-state index contributed by atoms with van der Waals surface area (Å²) in [5, 5.41) is 10.2. The number of hydrogen-bond acceptors (Lipinski definition) is 3. The molecule has 0 N–H and O–H groups in total. The standard InChI is InChI=1S/C62H40BN3/c64-40-41-31-34-56(53(35-41)44-21-8-3-9-22-44)66-57-28-15-14-27-54(57)63-55-33-32-45(61-51-25-12-10-23-49(51)50-24-11-13-26-52(50)61)39-60(55)65(58-29-16-30-59(66)62(58)63)48-37-46(42-17-4-1-5-18-42)36-47(38-48)43-19-6-2-7-20-43/h1-39,61H. The molecular weight excluding hydrogens is 798 g/mol. The van der Waals surface area contributed by atoms with Crippen molar-refractivity contribution in [3.05, 3.63) is 259 Å². The van der Waals surface area contributed by atoms with Gasteiger partial charge < -0.3 is 9.80 Å². The normalized spacial score (nSPS) is 13.0. The van der Waals surface area contributed by atoms with Crippen molar-refractivity contribution >= 4 is 57.2 Å². The van der Waals surface area contributed by atoms with E-state index < -0.39 is 0 Å². The molecule has 3 nitrogen and oxygen atoms in total. The molecule has 0 spiro atoms. The van der Waals surface area contributed by atoms with Crippen LogP contribution in [0, 0.1) is 11.3 Å². The molecule has 0 bridgehead atoms. The molecule has 0 amide bonds. The van der Waals surface area contributed by atoms with Crippen molar-refractivity contribution in [1.82, 2.24) is 0 Å². The number of nitrogens with zero attached hydrogens (tertiary/aromatic N) is 3. The Kier molecular flexibility index (Phi) is 8.76. The van der Waals surface area contributed by atoms with Crippen molar-refractivity contribution < 1.29 is 0 Å². The van der Waals surface area contributed by atoms with Crippen LogP contribution < -0.4 is 26.2 Å². The van der Waals surface area contributed by atoms with Crippen LogP contribution in [0.1, 0.15) is 28.2 Å². The largest absolute Gasteiger partial charge is 0.311 e. The highest BCUT2D eigenvalue weighted by Gasteiger charge is 2.44. The van der Waals surface area contributed by atoms with Crippen LogP contribution in [-0.2, 0) is 0 Å². The molecule has 2 heterocycles. The molecule has 2 aliphatic heterocycles. The van der Waals surface area contributed by atoms with E-state index in [0.717, 1.165) is 50.7 Å². The zero-order valence-electron chi connectivity index (χ0n) is 36.0. The first-order valence-electron chi connectivity index (χ1n) is 22.7. The molecule has 0 radical (unpaired) electrons. The summed E-state index contributed by atoms with van der Waals surface area (Å²) in [7, 11) is 0. The molecule has 4 heteroatoms. The molecule has 10 aromatic rings. The molecule has 3 aliphatic rings. The van der Waals surface area contributed by atoms with Crippen molar-refractivity contribution in [2.24, 2.45) is 0 Å². The minimum Gasteiger partial charge on any atom is -0.311 e. The van der Waals surface area contributed by atoms with Crippen molar-refractivity contribution in [2.45, 2.75) is 5.92 Å². The van der Waals surface area contributed by atoms with Crippen molar-refractivity contribution in [2.75, 3.05) is 9.80 Å². The minimum atomic E-state index is -0.0449. The lowest BCUT2D eigenvalue weighted by atomic mass is 9.33. The summed E-state index contributed by atoms with van der Waals surface area (Å²) in [5.41, 5.74) is 24.4. The topological polar surface area (TPSA) is 30.3 Å². The van der Waals surface area contributed by atoms with Crippen LogP contribution in [0.5, 0.6) is 0 Å². The van der Waals surface area contributed by atoms with Crippen molar-refractivity contribution in [3.8, 4) is 50.6 Å². The summed E-state index contributed by atoms with van der Waals surface area (Å²) in [6, 6.07) is 88.5. The Bertz CT molecular complexity index is 3470. The van der Waals surface area contributed by atoms with Crippen LogP contribution in [-0.4, -0.2) is 6.71 Å². The molecule has 1 aliphatic carbocycles. The Labute approximate surface area is 385 Å². The molecule has 0 atom stereocenters. The van der Waals surface area contributed by atoms with E-state index in [0.29, 0.717) is 5.56 Å². The second-order valence-corrected chi connectivity index (χ2v) is 17.5. The third-order valence-corrected chi connectivity index (χ3v) is 13.9. The molecule has 0 unspecified atom stereocenters. The highest BCUT2D eigenvalue weighted by Crippen LogP contribution is 2.51. The second-order valence-electron chi connectivity index (χ2n) is 17.5. The zero-order chi connectivity index (χ0) is 43.7. The number of hydrogen-bond donors (Lipinski definition) is 0.